The number of aromatic nitrogens is 3. The molecule has 2 aromatic heterocycles. The third kappa shape index (κ3) is 2.12. The number of hydrogen-bond donors (Lipinski definition) is 1. The molecule has 0 unspecified atom stereocenters. The van der Waals surface area contributed by atoms with Crippen molar-refractivity contribution >= 4 is 11.8 Å². The maximum Gasteiger partial charge on any atom is 0.181 e. The van der Waals surface area contributed by atoms with Crippen molar-refractivity contribution in [1.29, 1.82) is 0 Å². The van der Waals surface area contributed by atoms with Gasteiger partial charge >= 0.3 is 0 Å². The van der Waals surface area contributed by atoms with Crippen molar-refractivity contribution in [3.63, 3.8) is 0 Å². The fourth-order valence-electron chi connectivity index (χ4n) is 1.31. The second-order valence-electron chi connectivity index (χ2n) is 3.39. The number of aliphatic hydroxyl groups excluding tert-OH is 1. The zero-order valence-corrected chi connectivity index (χ0v) is 9.99. The number of thioether (sulfide) groups is 1. The minimum absolute atomic E-state index is 0.00699. The predicted octanol–water partition coefficient (Wildman–Crippen LogP) is 1.50. The summed E-state index contributed by atoms with van der Waals surface area (Å²) >= 11 is 1.57. The summed E-state index contributed by atoms with van der Waals surface area (Å²) in [7, 11) is 1.89. The molecule has 86 valence electrons. The summed E-state index contributed by atoms with van der Waals surface area (Å²) in [5.74, 6) is 1.56. The lowest BCUT2D eigenvalue weighted by molar-refractivity contribution is 0.271. The van der Waals surface area contributed by atoms with Gasteiger partial charge in [-0.3, -0.25) is 0 Å². The van der Waals surface area contributed by atoms with Crippen LogP contribution in [-0.2, 0) is 19.4 Å². The summed E-state index contributed by atoms with van der Waals surface area (Å²) in [6.07, 6.45) is 3.13. The van der Waals surface area contributed by atoms with E-state index in [0.29, 0.717) is 0 Å². The molecule has 0 bridgehead atoms. The molecule has 0 aliphatic rings. The van der Waals surface area contributed by atoms with Crippen LogP contribution in [0.4, 0.5) is 0 Å². The Balaban J connectivity index is 2.05. The maximum atomic E-state index is 9.03. The van der Waals surface area contributed by atoms with Crippen LogP contribution in [0, 0.1) is 6.92 Å². The molecular weight excluding hydrogens is 226 g/mol. The van der Waals surface area contributed by atoms with Crippen LogP contribution in [0.15, 0.2) is 22.2 Å². The zero-order valence-electron chi connectivity index (χ0n) is 9.17. The standard InChI is InChI=1S/C10H13N3O2S/c1-7-9(12-6-15-7)5-16-10-11-3-8(4-14)13(10)2/h3,6,14H,4-5H2,1-2H3. The van der Waals surface area contributed by atoms with Gasteiger partial charge in [-0.2, -0.15) is 0 Å². The molecule has 0 fully saturated rings. The van der Waals surface area contributed by atoms with Crippen LogP contribution in [0.5, 0.6) is 0 Å². The number of imidazole rings is 1. The zero-order chi connectivity index (χ0) is 11.5. The Hall–Kier alpha value is -1.27. The van der Waals surface area contributed by atoms with E-state index < -0.39 is 0 Å². The van der Waals surface area contributed by atoms with Crippen molar-refractivity contribution in [2.45, 2.75) is 24.4 Å². The van der Waals surface area contributed by atoms with Gasteiger partial charge in [0.05, 0.1) is 24.2 Å². The molecule has 0 aliphatic carbocycles. The van der Waals surface area contributed by atoms with Crippen molar-refractivity contribution in [2.75, 3.05) is 0 Å². The van der Waals surface area contributed by atoms with E-state index in [1.165, 1.54) is 6.39 Å². The molecule has 0 aliphatic heterocycles. The van der Waals surface area contributed by atoms with Gasteiger partial charge < -0.3 is 14.1 Å². The van der Waals surface area contributed by atoms with Crippen LogP contribution in [0.1, 0.15) is 17.1 Å². The maximum absolute atomic E-state index is 9.03. The van der Waals surface area contributed by atoms with Gasteiger partial charge in [-0.1, -0.05) is 11.8 Å². The summed E-state index contributed by atoms with van der Waals surface area (Å²) in [5, 5.41) is 9.90. The highest BCUT2D eigenvalue weighted by Gasteiger charge is 2.09. The summed E-state index contributed by atoms with van der Waals surface area (Å²) in [6, 6.07) is 0. The average Bonchev–Trinajstić information content (AvgIpc) is 2.83. The Morgan fingerprint density at radius 1 is 1.50 bits per heavy atom. The van der Waals surface area contributed by atoms with E-state index in [4.69, 9.17) is 9.52 Å². The van der Waals surface area contributed by atoms with Crippen LogP contribution >= 0.6 is 11.8 Å². The van der Waals surface area contributed by atoms with E-state index >= 15 is 0 Å². The predicted molar refractivity (Wildman–Crippen MR) is 59.9 cm³/mol. The topological polar surface area (TPSA) is 64.1 Å². The van der Waals surface area contributed by atoms with Crippen molar-refractivity contribution in [2.24, 2.45) is 7.05 Å². The summed E-state index contributed by atoms with van der Waals surface area (Å²) < 4.78 is 6.99. The third-order valence-electron chi connectivity index (χ3n) is 2.39. The first kappa shape index (κ1) is 11.2. The largest absolute Gasteiger partial charge is 0.448 e. The van der Waals surface area contributed by atoms with Gasteiger partial charge in [0.2, 0.25) is 0 Å². The smallest absolute Gasteiger partial charge is 0.181 e. The van der Waals surface area contributed by atoms with Gasteiger partial charge in [0, 0.05) is 12.8 Å². The first-order valence-corrected chi connectivity index (χ1v) is 5.84. The summed E-state index contributed by atoms with van der Waals surface area (Å²) in [6.45, 7) is 1.90. The van der Waals surface area contributed by atoms with Crippen molar-refractivity contribution in [3.8, 4) is 0 Å². The first-order chi connectivity index (χ1) is 7.72. The van der Waals surface area contributed by atoms with Gasteiger partial charge in [-0.15, -0.1) is 0 Å². The fraction of sp³-hybridized carbons (Fsp3) is 0.400. The van der Waals surface area contributed by atoms with Gasteiger partial charge in [0.15, 0.2) is 11.6 Å². The van der Waals surface area contributed by atoms with E-state index in [1.807, 2.05) is 18.5 Å². The number of aryl methyl sites for hydroxylation is 1. The summed E-state index contributed by atoms with van der Waals surface area (Å²) in [5.41, 5.74) is 1.73. The SMILES string of the molecule is Cc1ocnc1CSc1ncc(CO)n1C. The molecule has 0 atom stereocenters. The molecule has 0 saturated carbocycles. The second-order valence-corrected chi connectivity index (χ2v) is 4.34. The molecular formula is C10H13N3O2S. The van der Waals surface area contributed by atoms with Crippen LogP contribution in [0.2, 0.25) is 0 Å². The fourth-order valence-corrected chi connectivity index (χ4v) is 2.29. The molecule has 16 heavy (non-hydrogen) atoms. The van der Waals surface area contributed by atoms with Gasteiger partial charge in [0.1, 0.15) is 5.76 Å². The van der Waals surface area contributed by atoms with E-state index in [-0.39, 0.29) is 6.61 Å². The normalized spacial score (nSPS) is 10.9. The van der Waals surface area contributed by atoms with E-state index in [0.717, 1.165) is 28.1 Å². The number of rotatable bonds is 4. The van der Waals surface area contributed by atoms with Crippen molar-refractivity contribution in [3.05, 3.63) is 29.7 Å². The molecule has 0 amide bonds. The number of aliphatic hydroxyl groups is 1. The Labute approximate surface area is 97.5 Å². The van der Waals surface area contributed by atoms with Crippen LogP contribution in [0.25, 0.3) is 0 Å². The molecule has 1 N–H and O–H groups in total. The molecule has 5 nitrogen and oxygen atoms in total. The number of nitrogens with zero attached hydrogens (tertiary/aromatic N) is 3. The Morgan fingerprint density at radius 3 is 2.88 bits per heavy atom. The Morgan fingerprint density at radius 2 is 2.31 bits per heavy atom. The summed E-state index contributed by atoms with van der Waals surface area (Å²) in [4.78, 5) is 8.34. The van der Waals surface area contributed by atoms with E-state index in [9.17, 15) is 0 Å². The average molecular weight is 239 g/mol. The van der Waals surface area contributed by atoms with Crippen LogP contribution < -0.4 is 0 Å². The highest BCUT2D eigenvalue weighted by molar-refractivity contribution is 7.98. The quantitative estimate of drug-likeness (QED) is 0.819. The van der Waals surface area contributed by atoms with Gasteiger partial charge in [-0.25, -0.2) is 9.97 Å². The lowest BCUT2D eigenvalue weighted by Gasteiger charge is -2.02. The highest BCUT2D eigenvalue weighted by atomic mass is 32.2. The van der Waals surface area contributed by atoms with E-state index in [2.05, 4.69) is 9.97 Å². The van der Waals surface area contributed by atoms with Crippen LogP contribution in [-0.4, -0.2) is 19.6 Å². The minimum atomic E-state index is 0.00699. The van der Waals surface area contributed by atoms with E-state index in [1.54, 1.807) is 18.0 Å². The number of hydrogen-bond acceptors (Lipinski definition) is 5. The molecule has 0 radical (unpaired) electrons. The third-order valence-corrected chi connectivity index (χ3v) is 3.44. The lowest BCUT2D eigenvalue weighted by Crippen LogP contribution is -1.97. The Kier molecular flexibility index (Phi) is 3.31. The molecule has 2 aromatic rings. The monoisotopic (exact) mass is 239 g/mol. The van der Waals surface area contributed by atoms with Crippen molar-refractivity contribution < 1.29 is 9.52 Å². The molecule has 2 heterocycles. The molecule has 0 spiro atoms. The molecule has 6 heteroatoms. The first-order valence-electron chi connectivity index (χ1n) is 4.85. The van der Waals surface area contributed by atoms with Crippen molar-refractivity contribution in [1.82, 2.24) is 14.5 Å². The minimum Gasteiger partial charge on any atom is -0.448 e. The molecule has 0 aromatic carbocycles. The molecule has 0 saturated heterocycles. The second kappa shape index (κ2) is 4.71. The molecule has 2 rings (SSSR count). The lowest BCUT2D eigenvalue weighted by atomic mass is 10.4. The van der Waals surface area contributed by atoms with Gasteiger partial charge in [0.25, 0.3) is 0 Å². The van der Waals surface area contributed by atoms with Crippen LogP contribution in [0.3, 0.4) is 0 Å². The Bertz CT molecular complexity index is 478. The highest BCUT2D eigenvalue weighted by Crippen LogP contribution is 2.22. The van der Waals surface area contributed by atoms with Gasteiger partial charge in [-0.05, 0) is 6.92 Å². The number of oxazole rings is 1.